The summed E-state index contributed by atoms with van der Waals surface area (Å²) in [7, 11) is 1.00. The summed E-state index contributed by atoms with van der Waals surface area (Å²) < 4.78 is 5.80. The minimum atomic E-state index is -0.346. The standard InChI is InChI=1S/C32H62N2O2.C5H11NO.C4H8.C3H6.5C2H6.CH4O/c1-7-11-15-24-34(10-4)27-19-22-32(35)31(6)23-29-36-28-18-13-12-16-25-33(9-3)26-17-14-21-30(5)20-8-2;1-5(2)3-4-7-6;1-3-4-2;1-3-2;6*1-2/h7,11,20,23,32,35H,8-10,12-19,21-22,24-29H2,1-6H3;3-5H,6H2,1-2H3;3H,1,4H2,2H3;3H,1H2,2H3;5*1-2H3;2H,1H3/b11-7+,30-20+,31-23+;4-3+;;;;;;;;. The molecular weight excluding hydrogens is 767 g/mol. The van der Waals surface area contributed by atoms with Gasteiger partial charge >= 0.3 is 0 Å². The van der Waals surface area contributed by atoms with Gasteiger partial charge in [-0.3, -0.25) is 0 Å². The summed E-state index contributed by atoms with van der Waals surface area (Å²) in [5.74, 6) is 5.21. The highest BCUT2D eigenvalue weighted by Crippen LogP contribution is 2.11. The van der Waals surface area contributed by atoms with Crippen LogP contribution < -0.4 is 5.90 Å². The molecule has 0 bridgehead atoms. The molecule has 380 valence electrons. The van der Waals surface area contributed by atoms with E-state index >= 15 is 0 Å². The zero-order valence-corrected chi connectivity index (χ0v) is 46.5. The minimum absolute atomic E-state index is 0.346. The van der Waals surface area contributed by atoms with Crippen LogP contribution in [-0.2, 0) is 9.57 Å². The maximum absolute atomic E-state index is 10.4. The van der Waals surface area contributed by atoms with Crippen molar-refractivity contribution in [2.24, 2.45) is 11.8 Å². The summed E-state index contributed by atoms with van der Waals surface area (Å²) >= 11 is 0. The molecule has 1 unspecified atom stereocenters. The first-order chi connectivity index (χ1) is 30.1. The Morgan fingerprint density at radius 1 is 0.677 bits per heavy atom. The fourth-order valence-corrected chi connectivity index (χ4v) is 4.71. The Hall–Kier alpha value is -2.00. The van der Waals surface area contributed by atoms with Gasteiger partial charge in [0, 0.05) is 20.3 Å². The fourth-order valence-electron chi connectivity index (χ4n) is 4.71. The van der Waals surface area contributed by atoms with Crippen LogP contribution in [0.1, 0.15) is 216 Å². The Morgan fingerprint density at radius 2 is 1.13 bits per heavy atom. The van der Waals surface area contributed by atoms with Crippen LogP contribution in [0.25, 0.3) is 0 Å². The molecule has 0 aliphatic carbocycles. The van der Waals surface area contributed by atoms with E-state index in [0.29, 0.717) is 12.5 Å². The molecule has 7 nitrogen and oxygen atoms in total. The lowest BCUT2D eigenvalue weighted by atomic mass is 10.1. The normalized spacial score (nSPS) is 10.6. The van der Waals surface area contributed by atoms with Crippen molar-refractivity contribution in [2.75, 3.05) is 59.6 Å². The van der Waals surface area contributed by atoms with E-state index < -0.39 is 0 Å². The van der Waals surface area contributed by atoms with E-state index in [1.54, 1.807) is 11.6 Å². The van der Waals surface area contributed by atoms with Crippen molar-refractivity contribution in [2.45, 2.75) is 222 Å². The average molecular weight is 889 g/mol. The molecule has 0 amide bonds. The lowest BCUT2D eigenvalue weighted by Crippen LogP contribution is -2.26. The van der Waals surface area contributed by atoms with Gasteiger partial charge in [-0.05, 0) is 142 Å². The Morgan fingerprint density at radius 3 is 1.53 bits per heavy atom. The molecule has 0 saturated carbocycles. The topological polar surface area (TPSA) is 91.4 Å². The van der Waals surface area contributed by atoms with Gasteiger partial charge in [-0.15, -0.1) is 13.2 Å². The summed E-state index contributed by atoms with van der Waals surface area (Å²) in [6, 6.07) is 0. The van der Waals surface area contributed by atoms with Crippen LogP contribution in [0.5, 0.6) is 0 Å². The molecule has 1 atom stereocenters. The van der Waals surface area contributed by atoms with Gasteiger partial charge in [0.2, 0.25) is 0 Å². The SMILES string of the molecule is C/C=C/CCN(CC)CCCC(O)/C(C)=C/COCCCCCCN(CC)CCCC/C(C)=C/CC.C=CC.C=CCC.CC.CC.CC.CC.CC.CC(C)/C=C/ON.CO. The monoisotopic (exact) mass is 888 g/mol. The lowest BCUT2D eigenvalue weighted by molar-refractivity contribution is 0.152. The quantitative estimate of drug-likeness (QED) is 0.0312. The Kier molecular flexibility index (Phi) is 126. The molecule has 0 rings (SSSR count). The van der Waals surface area contributed by atoms with Crippen molar-refractivity contribution in [3.05, 3.63) is 73.1 Å². The molecule has 7 heteroatoms. The first-order valence-electron chi connectivity index (χ1n) is 25.4. The van der Waals surface area contributed by atoms with Crippen LogP contribution in [0.3, 0.4) is 0 Å². The highest BCUT2D eigenvalue weighted by molar-refractivity contribution is 5.04. The zero-order chi connectivity index (χ0) is 50.7. The summed E-state index contributed by atoms with van der Waals surface area (Å²) in [5, 5.41) is 17.4. The minimum Gasteiger partial charge on any atom is -0.420 e. The van der Waals surface area contributed by atoms with Gasteiger partial charge in [-0.2, -0.15) is 5.90 Å². The van der Waals surface area contributed by atoms with Crippen LogP contribution >= 0.6 is 0 Å². The summed E-state index contributed by atoms with van der Waals surface area (Å²) in [6.45, 7) is 56.3. The molecule has 0 aromatic rings. The maximum atomic E-state index is 10.4. The number of hydrogen-bond acceptors (Lipinski definition) is 7. The number of aliphatic hydroxyl groups excluding tert-OH is 2. The summed E-state index contributed by atoms with van der Waals surface area (Å²) in [5.41, 5.74) is 2.60. The third-order valence-corrected chi connectivity index (χ3v) is 7.93. The summed E-state index contributed by atoms with van der Waals surface area (Å²) in [4.78, 5) is 9.24. The predicted molar refractivity (Wildman–Crippen MR) is 290 cm³/mol. The number of aliphatic hydroxyl groups is 2. The number of nitrogens with zero attached hydrogens (tertiary/aromatic N) is 2. The molecule has 0 aliphatic rings. The lowest BCUT2D eigenvalue weighted by Gasteiger charge is -2.20. The molecule has 0 spiro atoms. The molecular formula is C55H121N3O4. The van der Waals surface area contributed by atoms with Crippen molar-refractivity contribution in [3.8, 4) is 0 Å². The van der Waals surface area contributed by atoms with E-state index in [-0.39, 0.29) is 6.10 Å². The first kappa shape index (κ1) is 83.5. The third kappa shape index (κ3) is 97.3. The molecule has 0 saturated heterocycles. The number of rotatable bonds is 28. The van der Waals surface area contributed by atoms with Gasteiger partial charge in [0.25, 0.3) is 0 Å². The second-order valence-electron chi connectivity index (χ2n) is 13.1. The Balaban J connectivity index is -0.000000107. The van der Waals surface area contributed by atoms with Crippen LogP contribution in [0.4, 0.5) is 0 Å². The van der Waals surface area contributed by atoms with Gasteiger partial charge in [0.05, 0.1) is 12.7 Å². The Bertz CT molecular complexity index is 810. The third-order valence-electron chi connectivity index (χ3n) is 7.93. The van der Waals surface area contributed by atoms with Crippen molar-refractivity contribution in [3.63, 3.8) is 0 Å². The first-order valence-corrected chi connectivity index (χ1v) is 25.4. The molecule has 0 aliphatic heterocycles. The van der Waals surface area contributed by atoms with Gasteiger partial charge in [0.15, 0.2) is 0 Å². The van der Waals surface area contributed by atoms with E-state index in [0.717, 1.165) is 84.0 Å². The van der Waals surface area contributed by atoms with Crippen LogP contribution in [-0.4, -0.2) is 85.7 Å². The van der Waals surface area contributed by atoms with Gasteiger partial charge < -0.3 is 29.6 Å². The highest BCUT2D eigenvalue weighted by atomic mass is 16.6. The number of allylic oxidation sites excluding steroid dienone is 6. The van der Waals surface area contributed by atoms with Crippen LogP contribution in [0.2, 0.25) is 0 Å². The van der Waals surface area contributed by atoms with Gasteiger partial charge in [0.1, 0.15) is 6.26 Å². The molecule has 0 radical (unpaired) electrons. The zero-order valence-electron chi connectivity index (χ0n) is 46.5. The second-order valence-corrected chi connectivity index (χ2v) is 13.1. The molecule has 0 aromatic carbocycles. The fraction of sp³-hybridized carbons (Fsp3) is 0.782. The van der Waals surface area contributed by atoms with E-state index in [4.69, 9.17) is 9.84 Å². The molecule has 62 heavy (non-hydrogen) atoms. The number of hydrogen-bond donors (Lipinski definition) is 3. The predicted octanol–water partition coefficient (Wildman–Crippen LogP) is 16.3. The maximum Gasteiger partial charge on any atom is 0.107 e. The number of nitrogens with two attached hydrogens (primary N) is 1. The molecule has 0 aromatic heterocycles. The van der Waals surface area contributed by atoms with E-state index in [1.165, 1.54) is 57.9 Å². The van der Waals surface area contributed by atoms with E-state index in [2.05, 4.69) is 113 Å². The smallest absolute Gasteiger partial charge is 0.107 e. The Labute approximate surface area is 394 Å². The van der Waals surface area contributed by atoms with Crippen LogP contribution in [0, 0.1) is 5.92 Å². The molecule has 0 fully saturated rings. The van der Waals surface area contributed by atoms with Gasteiger partial charge in [-0.1, -0.05) is 166 Å². The van der Waals surface area contributed by atoms with Crippen molar-refractivity contribution in [1.29, 1.82) is 0 Å². The van der Waals surface area contributed by atoms with Crippen molar-refractivity contribution < 1.29 is 19.8 Å². The van der Waals surface area contributed by atoms with Crippen LogP contribution in [0.15, 0.2) is 73.1 Å². The highest BCUT2D eigenvalue weighted by Gasteiger charge is 2.08. The number of ether oxygens (including phenoxy) is 1. The summed E-state index contributed by atoms with van der Waals surface area (Å²) in [6.07, 6.45) is 29.4. The largest absolute Gasteiger partial charge is 0.420 e. The molecule has 4 N–H and O–H groups in total. The van der Waals surface area contributed by atoms with E-state index in [1.807, 2.05) is 95.2 Å². The van der Waals surface area contributed by atoms with Crippen molar-refractivity contribution in [1.82, 2.24) is 9.80 Å². The second kappa shape index (κ2) is 93.8. The van der Waals surface area contributed by atoms with E-state index in [9.17, 15) is 5.11 Å². The van der Waals surface area contributed by atoms with Gasteiger partial charge in [-0.25, -0.2) is 0 Å². The number of unbranched alkanes of at least 4 members (excludes halogenated alkanes) is 4. The van der Waals surface area contributed by atoms with Crippen molar-refractivity contribution >= 4 is 0 Å². The average Bonchev–Trinajstić information content (AvgIpc) is 3.32. The molecule has 0 heterocycles.